The predicted molar refractivity (Wildman–Crippen MR) is 99.1 cm³/mol. The van der Waals surface area contributed by atoms with Gasteiger partial charge in [-0.25, -0.2) is 0 Å². The Morgan fingerprint density at radius 1 is 1.04 bits per heavy atom. The zero-order valence-electron chi connectivity index (χ0n) is 13.8. The average Bonchev–Trinajstić information content (AvgIpc) is 3.34. The van der Waals surface area contributed by atoms with E-state index in [0.29, 0.717) is 27.6 Å². The molecule has 0 saturated carbocycles. The molecule has 7 nitrogen and oxygen atoms in total. The Hall–Kier alpha value is -3.15. The van der Waals surface area contributed by atoms with Crippen molar-refractivity contribution in [3.05, 3.63) is 71.3 Å². The van der Waals surface area contributed by atoms with E-state index in [1.165, 1.54) is 11.8 Å². The Balaban J connectivity index is 1.71. The summed E-state index contributed by atoms with van der Waals surface area (Å²) in [5.41, 5.74) is 1.15. The van der Waals surface area contributed by atoms with Crippen LogP contribution in [-0.4, -0.2) is 25.0 Å². The second kappa shape index (κ2) is 7.61. The molecule has 1 aromatic carbocycles. The molecule has 0 spiro atoms. The highest BCUT2D eigenvalue weighted by atomic mass is 35.5. The lowest BCUT2D eigenvalue weighted by atomic mass is 10.2. The van der Waals surface area contributed by atoms with Crippen LogP contribution in [0.1, 0.15) is 11.5 Å². The van der Waals surface area contributed by atoms with Gasteiger partial charge in [-0.15, -0.1) is 20.4 Å². The van der Waals surface area contributed by atoms with Gasteiger partial charge in [-0.1, -0.05) is 11.6 Å². The predicted octanol–water partition coefficient (Wildman–Crippen LogP) is 4.05. The molecule has 0 N–H and O–H groups in total. The van der Waals surface area contributed by atoms with Gasteiger partial charge in [0.05, 0.1) is 12.8 Å². The number of rotatable bonds is 5. The highest BCUT2D eigenvalue weighted by molar-refractivity contribution is 7.99. The van der Waals surface area contributed by atoms with Crippen molar-refractivity contribution >= 4 is 23.4 Å². The molecule has 0 aliphatic heterocycles. The summed E-state index contributed by atoms with van der Waals surface area (Å²) < 4.78 is 7.42. The highest BCUT2D eigenvalue weighted by Crippen LogP contribution is 2.29. The minimum Gasteiger partial charge on any atom is -0.467 e. The maximum absolute atomic E-state index is 8.85. The molecule has 0 unspecified atom stereocenters. The molecule has 0 atom stereocenters. The molecule has 0 fully saturated rings. The minimum absolute atomic E-state index is 0.262. The molecule has 27 heavy (non-hydrogen) atoms. The van der Waals surface area contributed by atoms with E-state index in [1.807, 2.05) is 47.0 Å². The van der Waals surface area contributed by atoms with Crippen molar-refractivity contribution in [2.45, 2.75) is 16.7 Å². The van der Waals surface area contributed by atoms with E-state index < -0.39 is 0 Å². The lowest BCUT2D eigenvalue weighted by Gasteiger charge is -2.08. The van der Waals surface area contributed by atoms with E-state index in [9.17, 15) is 0 Å². The van der Waals surface area contributed by atoms with Crippen LogP contribution in [0.2, 0.25) is 5.02 Å². The Morgan fingerprint density at radius 3 is 2.56 bits per heavy atom. The van der Waals surface area contributed by atoms with E-state index in [1.54, 1.807) is 18.4 Å². The number of furan rings is 1. The summed E-state index contributed by atoms with van der Waals surface area (Å²) in [5, 5.41) is 27.3. The van der Waals surface area contributed by atoms with Crippen LogP contribution >= 0.6 is 23.4 Å². The Kier molecular flexibility index (Phi) is 4.87. The molecule has 3 aromatic heterocycles. The van der Waals surface area contributed by atoms with Crippen LogP contribution in [-0.2, 0) is 6.54 Å². The first-order valence-corrected chi connectivity index (χ1v) is 9.05. The van der Waals surface area contributed by atoms with Crippen molar-refractivity contribution in [1.29, 1.82) is 5.26 Å². The zero-order valence-corrected chi connectivity index (χ0v) is 15.4. The third-order valence-electron chi connectivity index (χ3n) is 3.66. The molecule has 4 aromatic rings. The van der Waals surface area contributed by atoms with Crippen LogP contribution in [0.4, 0.5) is 0 Å². The maximum atomic E-state index is 8.85. The van der Waals surface area contributed by atoms with Crippen molar-refractivity contribution in [2.24, 2.45) is 0 Å². The SMILES string of the molecule is N#Cc1ccc(Sc2nnc(-c3ccc(Cl)cc3)n2Cc2ccco2)nn1. The van der Waals surface area contributed by atoms with Crippen molar-refractivity contribution < 1.29 is 4.42 Å². The number of aromatic nitrogens is 5. The van der Waals surface area contributed by atoms with Gasteiger partial charge in [0.1, 0.15) is 16.9 Å². The molecule has 3 heterocycles. The van der Waals surface area contributed by atoms with Gasteiger partial charge in [-0.2, -0.15) is 5.26 Å². The minimum atomic E-state index is 0.262. The summed E-state index contributed by atoms with van der Waals surface area (Å²) in [6.45, 7) is 0.462. The van der Waals surface area contributed by atoms with Gasteiger partial charge in [0.15, 0.2) is 16.7 Å². The van der Waals surface area contributed by atoms with E-state index in [2.05, 4.69) is 20.4 Å². The number of nitriles is 1. The second-order valence-corrected chi connectivity index (χ2v) is 6.87. The fraction of sp³-hybridized carbons (Fsp3) is 0.0556. The molecule has 9 heteroatoms. The monoisotopic (exact) mass is 394 g/mol. The van der Waals surface area contributed by atoms with Crippen LogP contribution in [0.15, 0.2) is 69.4 Å². The number of nitrogens with zero attached hydrogens (tertiary/aromatic N) is 6. The van der Waals surface area contributed by atoms with Crippen molar-refractivity contribution in [3.63, 3.8) is 0 Å². The fourth-order valence-corrected chi connectivity index (χ4v) is 3.28. The molecular formula is C18H11ClN6OS. The number of benzene rings is 1. The van der Waals surface area contributed by atoms with Crippen molar-refractivity contribution in [3.8, 4) is 17.5 Å². The van der Waals surface area contributed by atoms with Crippen LogP contribution < -0.4 is 0 Å². The molecule has 0 aliphatic rings. The van der Waals surface area contributed by atoms with Crippen LogP contribution in [0, 0.1) is 11.3 Å². The highest BCUT2D eigenvalue weighted by Gasteiger charge is 2.17. The number of hydrogen-bond donors (Lipinski definition) is 0. The summed E-state index contributed by atoms with van der Waals surface area (Å²) >= 11 is 7.30. The molecule has 0 aliphatic carbocycles. The van der Waals surface area contributed by atoms with Gasteiger partial charge in [0, 0.05) is 10.6 Å². The molecule has 0 bridgehead atoms. The van der Waals surface area contributed by atoms with Gasteiger partial charge in [-0.05, 0) is 60.3 Å². The molecule has 0 saturated heterocycles. The summed E-state index contributed by atoms with van der Waals surface area (Å²) in [7, 11) is 0. The number of hydrogen-bond acceptors (Lipinski definition) is 7. The lowest BCUT2D eigenvalue weighted by molar-refractivity contribution is 0.485. The molecule has 0 radical (unpaired) electrons. The van der Waals surface area contributed by atoms with Crippen molar-refractivity contribution in [1.82, 2.24) is 25.0 Å². The summed E-state index contributed by atoms with van der Waals surface area (Å²) in [6, 6.07) is 16.4. The van der Waals surface area contributed by atoms with Crippen molar-refractivity contribution in [2.75, 3.05) is 0 Å². The molecular weight excluding hydrogens is 384 g/mol. The van der Waals surface area contributed by atoms with Crippen LogP contribution in [0.5, 0.6) is 0 Å². The summed E-state index contributed by atoms with van der Waals surface area (Å²) in [6.07, 6.45) is 1.63. The standard InChI is InChI=1S/C18H11ClN6OS/c19-13-5-3-12(4-6-13)17-23-24-18(25(17)11-15-2-1-9-26-15)27-16-8-7-14(10-20)21-22-16/h1-9H,11H2. The van der Waals surface area contributed by atoms with Gasteiger partial charge < -0.3 is 4.42 Å². The van der Waals surface area contributed by atoms with Crippen LogP contribution in [0.3, 0.4) is 0 Å². The zero-order chi connectivity index (χ0) is 18.6. The third kappa shape index (κ3) is 3.84. The number of halogens is 1. The average molecular weight is 395 g/mol. The normalized spacial score (nSPS) is 10.7. The van der Waals surface area contributed by atoms with Gasteiger partial charge >= 0.3 is 0 Å². The second-order valence-electron chi connectivity index (χ2n) is 5.45. The van der Waals surface area contributed by atoms with Gasteiger partial charge in [-0.3, -0.25) is 4.57 Å². The van der Waals surface area contributed by atoms with Crippen LogP contribution in [0.25, 0.3) is 11.4 Å². The smallest absolute Gasteiger partial charge is 0.198 e. The first-order chi connectivity index (χ1) is 13.2. The third-order valence-corrected chi connectivity index (χ3v) is 4.83. The van der Waals surface area contributed by atoms with E-state index >= 15 is 0 Å². The molecule has 4 rings (SSSR count). The molecule has 132 valence electrons. The first-order valence-electron chi connectivity index (χ1n) is 7.86. The van der Waals surface area contributed by atoms with E-state index in [0.717, 1.165) is 11.3 Å². The Morgan fingerprint density at radius 2 is 1.89 bits per heavy atom. The fourth-order valence-electron chi connectivity index (χ4n) is 2.41. The largest absolute Gasteiger partial charge is 0.467 e. The van der Waals surface area contributed by atoms with E-state index in [4.69, 9.17) is 21.3 Å². The lowest BCUT2D eigenvalue weighted by Crippen LogP contribution is -2.03. The topological polar surface area (TPSA) is 93.4 Å². The molecule has 0 amide bonds. The maximum Gasteiger partial charge on any atom is 0.198 e. The van der Waals surface area contributed by atoms with E-state index in [-0.39, 0.29) is 5.69 Å². The van der Waals surface area contributed by atoms with Gasteiger partial charge in [0.25, 0.3) is 0 Å². The Labute approximate surface area is 163 Å². The quantitative estimate of drug-likeness (QED) is 0.504. The summed E-state index contributed by atoms with van der Waals surface area (Å²) in [5.74, 6) is 1.46. The van der Waals surface area contributed by atoms with Gasteiger partial charge in [0.2, 0.25) is 0 Å². The Bertz CT molecular complexity index is 1080. The first kappa shape index (κ1) is 17.3. The summed E-state index contributed by atoms with van der Waals surface area (Å²) in [4.78, 5) is 0.